The Bertz CT molecular complexity index is 874. The molecule has 0 N–H and O–H groups in total. The molecule has 0 saturated carbocycles. The fraction of sp³-hybridized carbons (Fsp3) is 0.682. The second kappa shape index (κ2) is 8.94. The van der Waals surface area contributed by atoms with Crippen molar-refractivity contribution in [3.8, 4) is 0 Å². The lowest BCUT2D eigenvalue weighted by atomic mass is 9.93. The highest BCUT2D eigenvalue weighted by Gasteiger charge is 2.40. The lowest BCUT2D eigenvalue weighted by molar-refractivity contribution is -0.155. The van der Waals surface area contributed by atoms with Crippen molar-refractivity contribution in [1.82, 2.24) is 9.21 Å². The van der Waals surface area contributed by atoms with Crippen LogP contribution in [0.2, 0.25) is 0 Å². The molecule has 1 amide bonds. The first-order valence-electron chi connectivity index (χ1n) is 11.0. The van der Waals surface area contributed by atoms with Crippen LogP contribution < -0.4 is 0 Å². The summed E-state index contributed by atoms with van der Waals surface area (Å²) in [4.78, 5) is 15.6. The van der Waals surface area contributed by atoms with Crippen molar-refractivity contribution in [2.45, 2.75) is 63.2 Å². The van der Waals surface area contributed by atoms with Gasteiger partial charge in [0, 0.05) is 25.6 Å². The molecule has 0 aromatic heterocycles. The van der Waals surface area contributed by atoms with Gasteiger partial charge in [0.1, 0.15) is 0 Å². The second-order valence-corrected chi connectivity index (χ2v) is 10.6. The number of likely N-dealkylation sites (tertiary alicyclic amines) is 1. The van der Waals surface area contributed by atoms with Gasteiger partial charge in [-0.15, -0.1) is 0 Å². The number of sulfonamides is 1. The Hall–Kier alpha value is -1.48. The molecule has 3 aliphatic rings. The van der Waals surface area contributed by atoms with E-state index in [0.29, 0.717) is 44.0 Å². The molecule has 7 nitrogen and oxygen atoms in total. The third-order valence-electron chi connectivity index (χ3n) is 6.71. The first-order chi connectivity index (χ1) is 14.4. The van der Waals surface area contributed by atoms with E-state index in [1.54, 1.807) is 12.1 Å². The number of nitrogens with zero attached hydrogens (tertiary/aromatic N) is 2. The highest BCUT2D eigenvalue weighted by Crippen LogP contribution is 2.30. The van der Waals surface area contributed by atoms with Gasteiger partial charge in [-0.1, -0.05) is 6.07 Å². The quantitative estimate of drug-likeness (QED) is 0.725. The third kappa shape index (κ3) is 4.28. The minimum absolute atomic E-state index is 0.0222. The van der Waals surface area contributed by atoms with Crippen LogP contribution in [-0.2, 0) is 24.3 Å². The molecule has 166 valence electrons. The fourth-order valence-electron chi connectivity index (χ4n) is 4.71. The van der Waals surface area contributed by atoms with Crippen molar-refractivity contribution in [2.75, 3.05) is 32.8 Å². The Labute approximate surface area is 179 Å². The lowest BCUT2D eigenvalue weighted by Crippen LogP contribution is -2.53. The summed E-state index contributed by atoms with van der Waals surface area (Å²) in [7, 11) is -3.53. The van der Waals surface area contributed by atoms with Gasteiger partial charge in [0.25, 0.3) is 0 Å². The minimum Gasteiger partial charge on any atom is -0.348 e. The van der Waals surface area contributed by atoms with Crippen LogP contribution in [0.5, 0.6) is 0 Å². The van der Waals surface area contributed by atoms with E-state index >= 15 is 0 Å². The molecule has 8 heteroatoms. The van der Waals surface area contributed by atoms with Crippen LogP contribution >= 0.6 is 0 Å². The predicted octanol–water partition coefficient (Wildman–Crippen LogP) is 2.46. The molecule has 3 heterocycles. The SMILES string of the molecule is Cc1ccc(S(=O)(=O)N2CCC(C(=O)N3CCCC[C@H]3C3OCCO3)CC2)cc1C. The predicted molar refractivity (Wildman–Crippen MR) is 112 cm³/mol. The van der Waals surface area contributed by atoms with Crippen LogP contribution in [0.25, 0.3) is 0 Å². The fourth-order valence-corrected chi connectivity index (χ4v) is 6.27. The van der Waals surface area contributed by atoms with E-state index in [1.807, 2.05) is 24.8 Å². The molecule has 1 aromatic carbocycles. The van der Waals surface area contributed by atoms with Crippen molar-refractivity contribution < 1.29 is 22.7 Å². The summed E-state index contributed by atoms with van der Waals surface area (Å²) < 4.78 is 39.0. The second-order valence-electron chi connectivity index (χ2n) is 8.63. The number of hydrogen-bond acceptors (Lipinski definition) is 5. The Morgan fingerprint density at radius 3 is 2.33 bits per heavy atom. The largest absolute Gasteiger partial charge is 0.348 e. The number of carbonyl (C=O) groups is 1. The summed E-state index contributed by atoms with van der Waals surface area (Å²) >= 11 is 0. The molecule has 0 bridgehead atoms. The van der Waals surface area contributed by atoms with E-state index < -0.39 is 10.0 Å². The summed E-state index contributed by atoms with van der Waals surface area (Å²) in [5.74, 6) is -0.0137. The Balaban J connectivity index is 1.40. The highest BCUT2D eigenvalue weighted by molar-refractivity contribution is 7.89. The van der Waals surface area contributed by atoms with Gasteiger partial charge < -0.3 is 14.4 Å². The standard InChI is InChI=1S/C22H32N2O5S/c1-16-6-7-19(15-17(16)2)30(26,27)23-11-8-18(9-12-23)21(25)24-10-4-3-5-20(24)22-28-13-14-29-22/h6-7,15,18,20,22H,3-5,8-14H2,1-2H3/t20-/m0/s1. The van der Waals surface area contributed by atoms with Crippen molar-refractivity contribution in [1.29, 1.82) is 0 Å². The third-order valence-corrected chi connectivity index (χ3v) is 8.61. The number of hydrogen-bond donors (Lipinski definition) is 0. The number of amides is 1. The van der Waals surface area contributed by atoms with Gasteiger partial charge in [-0.3, -0.25) is 4.79 Å². The van der Waals surface area contributed by atoms with Gasteiger partial charge in [0.05, 0.1) is 24.2 Å². The Kier molecular flexibility index (Phi) is 6.48. The molecule has 30 heavy (non-hydrogen) atoms. The summed E-state index contributed by atoms with van der Waals surface area (Å²) in [6, 6.07) is 5.24. The highest BCUT2D eigenvalue weighted by atomic mass is 32.2. The number of aryl methyl sites for hydroxylation is 2. The Morgan fingerprint density at radius 2 is 1.67 bits per heavy atom. The molecule has 0 unspecified atom stereocenters. The van der Waals surface area contributed by atoms with Crippen LogP contribution in [0, 0.1) is 19.8 Å². The maximum absolute atomic E-state index is 13.3. The van der Waals surface area contributed by atoms with E-state index in [9.17, 15) is 13.2 Å². The molecule has 1 aromatic rings. The summed E-state index contributed by atoms with van der Waals surface area (Å²) in [5.41, 5.74) is 2.04. The van der Waals surface area contributed by atoms with Crippen molar-refractivity contribution in [2.24, 2.45) is 5.92 Å². The molecule has 4 rings (SSSR count). The van der Waals surface area contributed by atoms with Crippen LogP contribution in [-0.4, -0.2) is 68.7 Å². The van der Waals surface area contributed by atoms with Crippen molar-refractivity contribution >= 4 is 15.9 Å². The zero-order valence-electron chi connectivity index (χ0n) is 17.9. The molecule has 0 radical (unpaired) electrons. The first kappa shape index (κ1) is 21.7. The van der Waals surface area contributed by atoms with Crippen LogP contribution in [0.3, 0.4) is 0 Å². The first-order valence-corrected chi connectivity index (χ1v) is 12.4. The van der Waals surface area contributed by atoms with Crippen LogP contribution in [0.1, 0.15) is 43.2 Å². The average molecular weight is 437 g/mol. The number of rotatable bonds is 4. The Morgan fingerprint density at radius 1 is 0.967 bits per heavy atom. The van der Waals surface area contributed by atoms with E-state index in [0.717, 1.165) is 36.9 Å². The number of benzene rings is 1. The van der Waals surface area contributed by atoms with Crippen LogP contribution in [0.15, 0.2) is 23.1 Å². The van der Waals surface area contributed by atoms with Gasteiger partial charge in [-0.05, 0) is 69.2 Å². The van der Waals surface area contributed by atoms with Gasteiger partial charge in [0.2, 0.25) is 15.9 Å². The van der Waals surface area contributed by atoms with E-state index in [-0.39, 0.29) is 24.2 Å². The molecular formula is C22H32N2O5S. The maximum Gasteiger partial charge on any atom is 0.243 e. The van der Waals surface area contributed by atoms with E-state index in [4.69, 9.17) is 9.47 Å². The molecule has 3 fully saturated rings. The molecule has 0 spiro atoms. The van der Waals surface area contributed by atoms with Gasteiger partial charge in [-0.2, -0.15) is 4.31 Å². The molecular weight excluding hydrogens is 404 g/mol. The zero-order valence-corrected chi connectivity index (χ0v) is 18.7. The summed E-state index contributed by atoms with van der Waals surface area (Å²) in [5, 5.41) is 0. The number of ether oxygens (including phenoxy) is 2. The monoisotopic (exact) mass is 436 g/mol. The van der Waals surface area contributed by atoms with Crippen molar-refractivity contribution in [3.63, 3.8) is 0 Å². The molecule has 0 aliphatic carbocycles. The number of carbonyl (C=O) groups excluding carboxylic acids is 1. The van der Waals surface area contributed by atoms with Crippen LogP contribution in [0.4, 0.5) is 0 Å². The summed E-state index contributed by atoms with van der Waals surface area (Å²) in [6.45, 7) is 6.54. The maximum atomic E-state index is 13.3. The molecule has 1 atom stereocenters. The van der Waals surface area contributed by atoms with Gasteiger partial charge in [-0.25, -0.2) is 8.42 Å². The topological polar surface area (TPSA) is 76.2 Å². The van der Waals surface area contributed by atoms with E-state index in [2.05, 4.69) is 0 Å². The number of piperidine rings is 2. The smallest absolute Gasteiger partial charge is 0.243 e. The molecule has 3 saturated heterocycles. The lowest BCUT2D eigenvalue weighted by Gasteiger charge is -2.41. The zero-order chi connectivity index (χ0) is 21.3. The van der Waals surface area contributed by atoms with Gasteiger partial charge in [0.15, 0.2) is 6.29 Å². The minimum atomic E-state index is -3.53. The normalized spacial score (nSPS) is 25.0. The van der Waals surface area contributed by atoms with Gasteiger partial charge >= 0.3 is 0 Å². The van der Waals surface area contributed by atoms with Crippen molar-refractivity contribution in [3.05, 3.63) is 29.3 Å². The molecule has 3 aliphatic heterocycles. The average Bonchev–Trinajstić information content (AvgIpc) is 3.30. The summed E-state index contributed by atoms with van der Waals surface area (Å²) in [6.07, 6.45) is 3.76. The van der Waals surface area contributed by atoms with E-state index in [1.165, 1.54) is 4.31 Å².